The van der Waals surface area contributed by atoms with Gasteiger partial charge in [0, 0.05) is 22.2 Å². The number of aromatic nitrogens is 1. The molecule has 0 fully saturated rings. The second-order valence-corrected chi connectivity index (χ2v) is 6.14. The summed E-state index contributed by atoms with van der Waals surface area (Å²) in [5, 5.41) is 4.37. The molecule has 1 N–H and O–H groups in total. The number of pyridine rings is 1. The summed E-state index contributed by atoms with van der Waals surface area (Å²) in [5.41, 5.74) is 2.91. The summed E-state index contributed by atoms with van der Waals surface area (Å²) in [4.78, 5) is 24.7. The van der Waals surface area contributed by atoms with Crippen molar-refractivity contribution in [3.63, 3.8) is 0 Å². The molecule has 4 nitrogen and oxygen atoms in total. The van der Waals surface area contributed by atoms with Crippen LogP contribution in [0.15, 0.2) is 53.3 Å². The lowest BCUT2D eigenvalue weighted by Crippen LogP contribution is -2.28. The summed E-state index contributed by atoms with van der Waals surface area (Å²) in [7, 11) is 0. The molecule has 1 heterocycles. The third kappa shape index (κ3) is 3.05. The minimum Gasteiger partial charge on any atom is -0.324 e. The molecule has 122 valence electrons. The Morgan fingerprint density at radius 1 is 1.12 bits per heavy atom. The number of carbonyl (C=O) groups excluding carboxylic acids is 1. The predicted molar refractivity (Wildman–Crippen MR) is 97.8 cm³/mol. The SMILES string of the molecule is Cc1c(Cl)cccc1NC(=O)Cn1c(=O)cc(C)c2ccccc21. The molecule has 3 aromatic rings. The molecule has 0 radical (unpaired) electrons. The number of nitrogens with one attached hydrogen (secondary N) is 1. The smallest absolute Gasteiger partial charge is 0.251 e. The van der Waals surface area contributed by atoms with Crippen molar-refractivity contribution >= 4 is 34.1 Å². The van der Waals surface area contributed by atoms with Crippen LogP contribution >= 0.6 is 11.6 Å². The molecule has 0 bridgehead atoms. The average molecular weight is 341 g/mol. The number of rotatable bonds is 3. The molecule has 3 rings (SSSR count). The Kier molecular flexibility index (Phi) is 4.40. The van der Waals surface area contributed by atoms with E-state index in [2.05, 4.69) is 5.32 Å². The monoisotopic (exact) mass is 340 g/mol. The summed E-state index contributed by atoms with van der Waals surface area (Å²) in [6.45, 7) is 3.68. The van der Waals surface area contributed by atoms with E-state index in [1.807, 2.05) is 38.1 Å². The van der Waals surface area contributed by atoms with Crippen LogP contribution in [0, 0.1) is 13.8 Å². The molecule has 1 aromatic heterocycles. The van der Waals surface area contributed by atoms with Gasteiger partial charge in [0.15, 0.2) is 0 Å². The number of aryl methyl sites for hydroxylation is 1. The van der Waals surface area contributed by atoms with Gasteiger partial charge in [0.1, 0.15) is 6.54 Å². The summed E-state index contributed by atoms with van der Waals surface area (Å²) in [5.74, 6) is -0.267. The highest BCUT2D eigenvalue weighted by atomic mass is 35.5. The third-order valence-electron chi connectivity index (χ3n) is 4.07. The number of hydrogen-bond acceptors (Lipinski definition) is 2. The second-order valence-electron chi connectivity index (χ2n) is 5.73. The first-order chi connectivity index (χ1) is 11.5. The number of hydrogen-bond donors (Lipinski definition) is 1. The van der Waals surface area contributed by atoms with Crippen molar-refractivity contribution in [2.45, 2.75) is 20.4 Å². The third-order valence-corrected chi connectivity index (χ3v) is 4.48. The summed E-state index contributed by atoms with van der Waals surface area (Å²) >= 11 is 6.07. The molecule has 0 aliphatic carbocycles. The molecule has 1 amide bonds. The molecule has 0 aliphatic heterocycles. The fourth-order valence-corrected chi connectivity index (χ4v) is 2.92. The Bertz CT molecular complexity index is 992. The summed E-state index contributed by atoms with van der Waals surface area (Å²) in [6.07, 6.45) is 0. The van der Waals surface area contributed by atoms with Gasteiger partial charge in [0.2, 0.25) is 5.91 Å². The minimum absolute atomic E-state index is 0.0500. The quantitative estimate of drug-likeness (QED) is 0.786. The fraction of sp³-hybridized carbons (Fsp3) is 0.158. The number of para-hydroxylation sites is 1. The zero-order chi connectivity index (χ0) is 17.3. The van der Waals surface area contributed by atoms with Crippen LogP contribution in [-0.2, 0) is 11.3 Å². The maximum atomic E-state index is 12.4. The number of benzene rings is 2. The van der Waals surface area contributed by atoms with Crippen LogP contribution < -0.4 is 10.9 Å². The minimum atomic E-state index is -0.267. The van der Waals surface area contributed by atoms with Crippen LogP contribution in [0.2, 0.25) is 5.02 Å². The van der Waals surface area contributed by atoms with Gasteiger partial charge in [-0.15, -0.1) is 0 Å². The van der Waals surface area contributed by atoms with Gasteiger partial charge in [-0.05, 0) is 43.2 Å². The van der Waals surface area contributed by atoms with Crippen LogP contribution in [0.1, 0.15) is 11.1 Å². The van der Waals surface area contributed by atoms with Gasteiger partial charge < -0.3 is 5.32 Å². The highest BCUT2D eigenvalue weighted by molar-refractivity contribution is 6.31. The number of anilines is 1. The number of halogens is 1. The first-order valence-electron chi connectivity index (χ1n) is 7.61. The number of carbonyl (C=O) groups is 1. The molecule has 24 heavy (non-hydrogen) atoms. The fourth-order valence-electron chi connectivity index (χ4n) is 2.74. The van der Waals surface area contributed by atoms with Crippen molar-refractivity contribution in [1.82, 2.24) is 4.57 Å². The van der Waals surface area contributed by atoms with E-state index >= 15 is 0 Å². The summed E-state index contributed by atoms with van der Waals surface area (Å²) in [6, 6.07) is 14.5. The Morgan fingerprint density at radius 2 is 1.88 bits per heavy atom. The van der Waals surface area contributed by atoms with Crippen molar-refractivity contribution in [2.75, 3.05) is 5.32 Å². The lowest BCUT2D eigenvalue weighted by Gasteiger charge is -2.13. The second kappa shape index (κ2) is 6.49. The first kappa shape index (κ1) is 16.3. The maximum absolute atomic E-state index is 12.4. The molecule has 0 saturated heterocycles. The Morgan fingerprint density at radius 3 is 2.67 bits per heavy atom. The van der Waals surface area contributed by atoms with Gasteiger partial charge in [-0.1, -0.05) is 35.9 Å². The molecule has 2 aromatic carbocycles. The van der Waals surface area contributed by atoms with E-state index in [0.29, 0.717) is 10.7 Å². The maximum Gasteiger partial charge on any atom is 0.251 e. The van der Waals surface area contributed by atoms with Crippen molar-refractivity contribution in [3.8, 4) is 0 Å². The van der Waals surface area contributed by atoms with Gasteiger partial charge in [-0.3, -0.25) is 14.2 Å². The summed E-state index contributed by atoms with van der Waals surface area (Å²) < 4.78 is 1.48. The highest BCUT2D eigenvalue weighted by Crippen LogP contribution is 2.23. The van der Waals surface area contributed by atoms with Crippen molar-refractivity contribution in [3.05, 3.63) is 75.0 Å². The Hall–Kier alpha value is -2.59. The lowest BCUT2D eigenvalue weighted by molar-refractivity contribution is -0.116. The van der Waals surface area contributed by atoms with Crippen molar-refractivity contribution < 1.29 is 4.79 Å². The van der Waals surface area contributed by atoms with E-state index in [1.165, 1.54) is 4.57 Å². The number of amides is 1. The van der Waals surface area contributed by atoms with Crippen molar-refractivity contribution in [2.24, 2.45) is 0 Å². The van der Waals surface area contributed by atoms with Crippen LogP contribution in [0.5, 0.6) is 0 Å². The molecule has 0 spiro atoms. The molecule has 0 unspecified atom stereocenters. The zero-order valence-corrected chi connectivity index (χ0v) is 14.2. The van der Waals surface area contributed by atoms with Crippen LogP contribution in [0.25, 0.3) is 10.9 Å². The van der Waals surface area contributed by atoms with E-state index in [-0.39, 0.29) is 18.0 Å². The number of nitrogens with zero attached hydrogens (tertiary/aromatic N) is 1. The Balaban J connectivity index is 1.94. The van der Waals surface area contributed by atoms with Gasteiger partial charge in [-0.25, -0.2) is 0 Å². The van der Waals surface area contributed by atoms with E-state index in [1.54, 1.807) is 24.3 Å². The van der Waals surface area contributed by atoms with Crippen LogP contribution in [0.4, 0.5) is 5.69 Å². The zero-order valence-electron chi connectivity index (χ0n) is 13.5. The Labute approximate surface area is 144 Å². The normalized spacial score (nSPS) is 10.8. The van der Waals surface area contributed by atoms with E-state index in [4.69, 9.17) is 11.6 Å². The molecule has 0 aliphatic rings. The molecular formula is C19H17ClN2O2. The predicted octanol–water partition coefficient (Wildman–Crippen LogP) is 3.91. The van der Waals surface area contributed by atoms with E-state index in [9.17, 15) is 9.59 Å². The lowest BCUT2D eigenvalue weighted by atomic mass is 10.1. The molecular weight excluding hydrogens is 324 g/mol. The molecule has 0 saturated carbocycles. The van der Waals surface area contributed by atoms with Crippen LogP contribution in [0.3, 0.4) is 0 Å². The van der Waals surface area contributed by atoms with Gasteiger partial charge in [-0.2, -0.15) is 0 Å². The highest BCUT2D eigenvalue weighted by Gasteiger charge is 2.11. The number of fused-ring (bicyclic) bond motifs is 1. The van der Waals surface area contributed by atoms with E-state index < -0.39 is 0 Å². The van der Waals surface area contributed by atoms with Crippen LogP contribution in [-0.4, -0.2) is 10.5 Å². The largest absolute Gasteiger partial charge is 0.324 e. The topological polar surface area (TPSA) is 51.1 Å². The van der Waals surface area contributed by atoms with Gasteiger partial charge in [0.25, 0.3) is 5.56 Å². The van der Waals surface area contributed by atoms with Gasteiger partial charge >= 0.3 is 0 Å². The van der Waals surface area contributed by atoms with Crippen molar-refractivity contribution in [1.29, 1.82) is 0 Å². The van der Waals surface area contributed by atoms with Gasteiger partial charge in [0.05, 0.1) is 5.52 Å². The average Bonchev–Trinajstić information content (AvgIpc) is 2.56. The van der Waals surface area contributed by atoms with E-state index in [0.717, 1.165) is 22.0 Å². The first-order valence-corrected chi connectivity index (χ1v) is 7.99. The molecule has 0 atom stereocenters. The standard InChI is InChI=1S/C19H17ClN2O2/c1-12-10-19(24)22(17-9-4-3-6-14(12)17)11-18(23)21-16-8-5-7-15(20)13(16)2/h3-10H,11H2,1-2H3,(H,21,23). The molecule has 5 heteroatoms.